The molecule has 2 aromatic heterocycles. The van der Waals surface area contributed by atoms with Crippen molar-refractivity contribution in [3.8, 4) is 22.4 Å². The molecule has 7 aromatic carbocycles. The first kappa shape index (κ1) is 22.4. The highest BCUT2D eigenvalue weighted by atomic mass is 16.3. The van der Waals surface area contributed by atoms with Gasteiger partial charge < -0.3 is 4.42 Å². The topological polar surface area (TPSA) is 26.0 Å². The van der Waals surface area contributed by atoms with Gasteiger partial charge >= 0.3 is 0 Å². The van der Waals surface area contributed by atoms with Gasteiger partial charge in [-0.05, 0) is 56.9 Å². The lowest BCUT2D eigenvalue weighted by Crippen LogP contribution is -1.90. The number of benzene rings is 7. The summed E-state index contributed by atoms with van der Waals surface area (Å²) in [6.45, 7) is 0. The van der Waals surface area contributed by atoms with Crippen molar-refractivity contribution < 1.29 is 4.42 Å². The Kier molecular flexibility index (Phi) is 4.64. The zero-order chi connectivity index (χ0) is 26.9. The fraction of sp³-hybridized carbons (Fsp3) is 0. The van der Waals surface area contributed by atoms with Crippen molar-refractivity contribution >= 4 is 65.2 Å². The molecule has 0 amide bonds. The number of furan rings is 1. The molecule has 0 radical (unpaired) electrons. The van der Waals surface area contributed by atoms with E-state index in [9.17, 15) is 0 Å². The number of para-hydroxylation sites is 1. The van der Waals surface area contributed by atoms with Gasteiger partial charge in [-0.3, -0.25) is 0 Å². The lowest BCUT2D eigenvalue weighted by Gasteiger charge is -2.12. The third-order valence-corrected chi connectivity index (χ3v) is 8.43. The van der Waals surface area contributed by atoms with Crippen molar-refractivity contribution in [3.05, 3.63) is 140 Å². The van der Waals surface area contributed by atoms with E-state index in [-0.39, 0.29) is 0 Å². The van der Waals surface area contributed by atoms with Crippen LogP contribution in [-0.4, -0.2) is 4.98 Å². The largest absolute Gasteiger partial charge is 0.455 e. The second-order valence-electron chi connectivity index (χ2n) is 10.7. The van der Waals surface area contributed by atoms with Crippen LogP contribution >= 0.6 is 0 Å². The van der Waals surface area contributed by atoms with E-state index >= 15 is 0 Å². The van der Waals surface area contributed by atoms with Crippen LogP contribution < -0.4 is 0 Å². The summed E-state index contributed by atoms with van der Waals surface area (Å²) >= 11 is 0. The number of hydrogen-bond acceptors (Lipinski definition) is 2. The Balaban J connectivity index is 1.44. The number of hydrogen-bond donors (Lipinski definition) is 0. The summed E-state index contributed by atoms with van der Waals surface area (Å²) in [5, 5.41) is 10.6. The highest BCUT2D eigenvalue weighted by Gasteiger charge is 2.20. The van der Waals surface area contributed by atoms with Crippen LogP contribution in [0, 0.1) is 0 Å². The van der Waals surface area contributed by atoms with Crippen molar-refractivity contribution in [1.29, 1.82) is 0 Å². The molecule has 9 aromatic rings. The average molecular weight is 522 g/mol. The fourth-order valence-corrected chi connectivity index (χ4v) is 6.64. The minimum absolute atomic E-state index is 0.893. The quantitative estimate of drug-likeness (QED) is 0.211. The normalized spacial score (nSPS) is 11.9. The Morgan fingerprint density at radius 3 is 2.02 bits per heavy atom. The number of pyridine rings is 1. The van der Waals surface area contributed by atoms with Crippen LogP contribution in [0.15, 0.2) is 144 Å². The van der Waals surface area contributed by atoms with Gasteiger partial charge in [0.2, 0.25) is 0 Å². The third kappa shape index (κ3) is 3.22. The van der Waals surface area contributed by atoms with Gasteiger partial charge in [-0.2, -0.15) is 0 Å². The van der Waals surface area contributed by atoms with Gasteiger partial charge in [0.05, 0.1) is 11.2 Å². The molecule has 2 heterocycles. The van der Waals surface area contributed by atoms with Crippen LogP contribution in [0.2, 0.25) is 0 Å². The predicted molar refractivity (Wildman–Crippen MR) is 172 cm³/mol. The molecule has 0 fully saturated rings. The maximum absolute atomic E-state index is 6.80. The summed E-state index contributed by atoms with van der Waals surface area (Å²) in [7, 11) is 0. The third-order valence-electron chi connectivity index (χ3n) is 8.43. The Hall–Kier alpha value is -5.47. The van der Waals surface area contributed by atoms with Crippen LogP contribution in [0.5, 0.6) is 0 Å². The highest BCUT2D eigenvalue weighted by molar-refractivity contribution is 6.27. The van der Waals surface area contributed by atoms with Gasteiger partial charge in [-0.1, -0.05) is 115 Å². The molecule has 0 atom stereocenters. The van der Waals surface area contributed by atoms with E-state index in [0.717, 1.165) is 54.9 Å². The molecular weight excluding hydrogens is 498 g/mol. The first-order chi connectivity index (χ1) is 20.3. The summed E-state index contributed by atoms with van der Waals surface area (Å²) in [6, 6.07) is 49.4. The van der Waals surface area contributed by atoms with Gasteiger partial charge in [0, 0.05) is 32.5 Å². The molecule has 0 aliphatic rings. The van der Waals surface area contributed by atoms with E-state index in [1.54, 1.807) is 0 Å². The monoisotopic (exact) mass is 521 g/mol. The van der Waals surface area contributed by atoms with Gasteiger partial charge in [0.15, 0.2) is 0 Å². The zero-order valence-electron chi connectivity index (χ0n) is 22.1. The molecule has 0 bridgehead atoms. The van der Waals surface area contributed by atoms with E-state index in [4.69, 9.17) is 9.40 Å². The fourth-order valence-electron chi connectivity index (χ4n) is 6.64. The molecule has 0 aliphatic carbocycles. The van der Waals surface area contributed by atoms with Gasteiger partial charge in [0.25, 0.3) is 0 Å². The van der Waals surface area contributed by atoms with E-state index in [0.29, 0.717) is 0 Å². The molecule has 41 heavy (non-hydrogen) atoms. The number of nitrogens with zero attached hydrogens (tertiary/aromatic N) is 1. The maximum atomic E-state index is 6.80. The zero-order valence-corrected chi connectivity index (χ0v) is 22.1. The average Bonchev–Trinajstić information content (AvgIpc) is 3.43. The Bertz CT molecular complexity index is 2470. The van der Waals surface area contributed by atoms with Crippen molar-refractivity contribution in [2.45, 2.75) is 0 Å². The Morgan fingerprint density at radius 2 is 1.15 bits per heavy atom. The van der Waals surface area contributed by atoms with E-state index in [2.05, 4.69) is 133 Å². The summed E-state index contributed by atoms with van der Waals surface area (Å²) in [5.41, 5.74) is 7.24. The van der Waals surface area contributed by atoms with E-state index < -0.39 is 0 Å². The van der Waals surface area contributed by atoms with Crippen LogP contribution in [0.4, 0.5) is 0 Å². The van der Waals surface area contributed by atoms with Crippen LogP contribution in [-0.2, 0) is 0 Å². The number of fused-ring (bicyclic) bond motifs is 10. The second-order valence-corrected chi connectivity index (χ2v) is 10.7. The van der Waals surface area contributed by atoms with Crippen LogP contribution in [0.1, 0.15) is 0 Å². The molecule has 0 spiro atoms. The molecule has 9 rings (SSSR count). The van der Waals surface area contributed by atoms with Crippen LogP contribution in [0.25, 0.3) is 87.5 Å². The van der Waals surface area contributed by atoms with Crippen molar-refractivity contribution in [1.82, 2.24) is 4.98 Å². The standard InChI is InChI=1S/C39H23NO/c1-2-11-24(12-3-1)38-31-21-22-32-36-29(33-23-25-13-4-5-14-26(25)27-15-6-7-16-28(27)33)18-10-20-35(36)41-39(32)37(31)30-17-8-9-19-34(30)40-38/h1-23H. The summed E-state index contributed by atoms with van der Waals surface area (Å²) in [4.78, 5) is 5.12. The first-order valence-electron chi connectivity index (χ1n) is 14.0. The Labute approximate surface area is 236 Å². The number of rotatable bonds is 2. The molecule has 190 valence electrons. The second kappa shape index (κ2) is 8.51. The van der Waals surface area contributed by atoms with Crippen molar-refractivity contribution in [2.24, 2.45) is 0 Å². The minimum Gasteiger partial charge on any atom is -0.455 e. The molecule has 0 N–H and O–H groups in total. The lowest BCUT2D eigenvalue weighted by molar-refractivity contribution is 0.673. The van der Waals surface area contributed by atoms with Gasteiger partial charge in [-0.25, -0.2) is 4.98 Å². The van der Waals surface area contributed by atoms with Gasteiger partial charge in [-0.15, -0.1) is 0 Å². The smallest absolute Gasteiger partial charge is 0.144 e. The van der Waals surface area contributed by atoms with E-state index in [1.165, 1.54) is 32.7 Å². The van der Waals surface area contributed by atoms with Crippen LogP contribution in [0.3, 0.4) is 0 Å². The minimum atomic E-state index is 0.893. The lowest BCUT2D eigenvalue weighted by atomic mass is 9.90. The number of aromatic nitrogens is 1. The van der Waals surface area contributed by atoms with E-state index in [1.807, 2.05) is 6.07 Å². The first-order valence-corrected chi connectivity index (χ1v) is 14.0. The summed E-state index contributed by atoms with van der Waals surface area (Å²) in [6.07, 6.45) is 0. The molecule has 0 saturated carbocycles. The molecule has 2 nitrogen and oxygen atoms in total. The highest BCUT2D eigenvalue weighted by Crippen LogP contribution is 2.45. The van der Waals surface area contributed by atoms with Crippen molar-refractivity contribution in [2.75, 3.05) is 0 Å². The Morgan fingerprint density at radius 1 is 0.439 bits per heavy atom. The molecule has 0 unspecified atom stereocenters. The summed E-state index contributed by atoms with van der Waals surface area (Å²) < 4.78 is 6.80. The SMILES string of the molecule is c1ccc(-c2nc3ccccc3c3c2ccc2c3oc3cccc(-c4cc5ccccc5c5ccccc45)c32)cc1. The summed E-state index contributed by atoms with van der Waals surface area (Å²) in [5.74, 6) is 0. The molecule has 2 heteroatoms. The van der Waals surface area contributed by atoms with Gasteiger partial charge in [0.1, 0.15) is 11.2 Å². The maximum Gasteiger partial charge on any atom is 0.144 e. The van der Waals surface area contributed by atoms with Crippen molar-refractivity contribution in [3.63, 3.8) is 0 Å². The molecular formula is C39H23NO. The predicted octanol–water partition coefficient (Wildman–Crippen LogP) is 10.9. The molecule has 0 aliphatic heterocycles. The molecule has 0 saturated heterocycles.